The van der Waals surface area contributed by atoms with Crippen LogP contribution in [0.1, 0.15) is 34.0 Å². The molecule has 0 radical (unpaired) electrons. The molecule has 2 N–H and O–H groups in total. The normalized spacial score (nSPS) is 12.4. The van der Waals surface area contributed by atoms with Gasteiger partial charge in [-0.1, -0.05) is 0 Å². The van der Waals surface area contributed by atoms with E-state index in [1.54, 1.807) is 5.38 Å². The first kappa shape index (κ1) is 10.8. The van der Waals surface area contributed by atoms with Crippen LogP contribution in [0, 0.1) is 0 Å². The van der Waals surface area contributed by atoms with Crippen LogP contribution in [-0.2, 0) is 0 Å². The van der Waals surface area contributed by atoms with Gasteiger partial charge in [-0.15, -0.1) is 11.3 Å². The van der Waals surface area contributed by atoms with E-state index >= 15 is 0 Å². The van der Waals surface area contributed by atoms with Crippen LogP contribution >= 0.6 is 11.3 Å². The molecule has 2 aromatic heterocycles. The lowest BCUT2D eigenvalue weighted by Crippen LogP contribution is -2.07. The smallest absolute Gasteiger partial charge is 0.215 e. The average Bonchev–Trinajstić information content (AvgIpc) is 2.78. The molecule has 0 aromatic carbocycles. The molecular weight excluding hydrogens is 224 g/mol. The predicted molar refractivity (Wildman–Crippen MR) is 60.2 cm³/mol. The van der Waals surface area contributed by atoms with Gasteiger partial charge in [0.1, 0.15) is 17.0 Å². The van der Waals surface area contributed by atoms with E-state index in [4.69, 9.17) is 5.73 Å². The molecule has 5 nitrogen and oxygen atoms in total. The first-order chi connectivity index (χ1) is 7.68. The van der Waals surface area contributed by atoms with Crippen molar-refractivity contribution in [3.05, 3.63) is 40.4 Å². The van der Waals surface area contributed by atoms with Crippen LogP contribution in [-0.4, -0.2) is 20.7 Å². The maximum Gasteiger partial charge on any atom is 0.215 e. The third-order valence-electron chi connectivity index (χ3n) is 1.97. The summed E-state index contributed by atoms with van der Waals surface area (Å²) in [5.74, 6) is -0.177. The second kappa shape index (κ2) is 4.46. The maximum absolute atomic E-state index is 11.9. The van der Waals surface area contributed by atoms with Crippen molar-refractivity contribution < 1.29 is 4.79 Å². The summed E-state index contributed by atoms with van der Waals surface area (Å²) in [6.45, 7) is 1.83. The first-order valence-corrected chi connectivity index (χ1v) is 5.57. The minimum atomic E-state index is -0.177. The average molecular weight is 234 g/mol. The molecule has 82 valence electrons. The maximum atomic E-state index is 11.9. The Morgan fingerprint density at radius 1 is 1.44 bits per heavy atom. The summed E-state index contributed by atoms with van der Waals surface area (Å²) in [6.07, 6.45) is 4.33. The molecule has 0 amide bonds. The Kier molecular flexibility index (Phi) is 3.02. The van der Waals surface area contributed by atoms with E-state index in [-0.39, 0.29) is 11.8 Å². The zero-order valence-corrected chi connectivity index (χ0v) is 9.44. The lowest BCUT2D eigenvalue weighted by Gasteiger charge is -1.97. The first-order valence-electron chi connectivity index (χ1n) is 4.69. The SMILES string of the molecule is CC(N)c1nc(C(=O)c2cncnc2)cs1. The van der Waals surface area contributed by atoms with E-state index in [9.17, 15) is 4.79 Å². The Morgan fingerprint density at radius 3 is 2.69 bits per heavy atom. The van der Waals surface area contributed by atoms with E-state index in [1.165, 1.54) is 30.1 Å². The minimum absolute atomic E-state index is 0.154. The van der Waals surface area contributed by atoms with Crippen molar-refractivity contribution in [2.45, 2.75) is 13.0 Å². The van der Waals surface area contributed by atoms with Crippen molar-refractivity contribution >= 4 is 17.1 Å². The highest BCUT2D eigenvalue weighted by atomic mass is 32.1. The van der Waals surface area contributed by atoms with Gasteiger partial charge in [-0.2, -0.15) is 0 Å². The van der Waals surface area contributed by atoms with Crippen molar-refractivity contribution in [3.63, 3.8) is 0 Å². The number of carbonyl (C=O) groups excluding carboxylic acids is 1. The summed E-state index contributed by atoms with van der Waals surface area (Å²) in [7, 11) is 0. The predicted octanol–water partition coefficient (Wildman–Crippen LogP) is 1.18. The second-order valence-corrected chi connectivity index (χ2v) is 4.21. The fourth-order valence-electron chi connectivity index (χ4n) is 1.17. The summed E-state index contributed by atoms with van der Waals surface area (Å²) >= 11 is 1.38. The third kappa shape index (κ3) is 2.12. The Hall–Kier alpha value is -1.66. The van der Waals surface area contributed by atoms with Crippen LogP contribution in [0.5, 0.6) is 0 Å². The molecule has 2 rings (SSSR count). The van der Waals surface area contributed by atoms with Crippen LogP contribution in [0.15, 0.2) is 24.1 Å². The standard InChI is InChI=1S/C10H10N4OS/c1-6(11)10-14-8(4-16-10)9(15)7-2-12-5-13-3-7/h2-6H,11H2,1H3. The molecule has 0 bridgehead atoms. The molecule has 2 aromatic rings. The highest BCUT2D eigenvalue weighted by Crippen LogP contribution is 2.17. The van der Waals surface area contributed by atoms with Crippen molar-refractivity contribution in [2.75, 3.05) is 0 Å². The number of ketones is 1. The van der Waals surface area contributed by atoms with Gasteiger partial charge >= 0.3 is 0 Å². The lowest BCUT2D eigenvalue weighted by molar-refractivity contribution is 0.103. The van der Waals surface area contributed by atoms with E-state index in [1.807, 2.05) is 6.92 Å². The molecular formula is C10H10N4OS. The Balaban J connectivity index is 2.28. The zero-order chi connectivity index (χ0) is 11.5. The van der Waals surface area contributed by atoms with Gasteiger partial charge < -0.3 is 5.73 Å². The zero-order valence-electron chi connectivity index (χ0n) is 8.62. The third-order valence-corrected chi connectivity index (χ3v) is 3.01. The van der Waals surface area contributed by atoms with E-state index in [2.05, 4.69) is 15.0 Å². The van der Waals surface area contributed by atoms with Crippen molar-refractivity contribution in [1.29, 1.82) is 0 Å². The minimum Gasteiger partial charge on any atom is -0.322 e. The van der Waals surface area contributed by atoms with E-state index in [0.717, 1.165) is 5.01 Å². The van der Waals surface area contributed by atoms with Crippen molar-refractivity contribution in [1.82, 2.24) is 15.0 Å². The molecule has 0 aliphatic heterocycles. The summed E-state index contributed by atoms with van der Waals surface area (Å²) in [5.41, 5.74) is 6.51. The van der Waals surface area contributed by atoms with Crippen LogP contribution in [0.3, 0.4) is 0 Å². The van der Waals surface area contributed by atoms with Gasteiger partial charge in [0.15, 0.2) is 0 Å². The number of rotatable bonds is 3. The number of nitrogens with two attached hydrogens (primary N) is 1. The fraction of sp³-hybridized carbons (Fsp3) is 0.200. The number of nitrogens with zero attached hydrogens (tertiary/aromatic N) is 3. The molecule has 1 atom stereocenters. The quantitative estimate of drug-likeness (QED) is 0.806. The van der Waals surface area contributed by atoms with Gasteiger partial charge in [-0.3, -0.25) is 4.79 Å². The summed E-state index contributed by atoms with van der Waals surface area (Å²) in [4.78, 5) is 23.7. The van der Waals surface area contributed by atoms with Crippen LogP contribution in [0.4, 0.5) is 0 Å². The highest BCUT2D eigenvalue weighted by Gasteiger charge is 2.14. The molecule has 6 heteroatoms. The molecule has 0 saturated carbocycles. The molecule has 0 aliphatic carbocycles. The fourth-order valence-corrected chi connectivity index (χ4v) is 1.92. The summed E-state index contributed by atoms with van der Waals surface area (Å²) < 4.78 is 0. The molecule has 0 fully saturated rings. The van der Waals surface area contributed by atoms with Gasteiger partial charge in [0.05, 0.1) is 11.6 Å². The van der Waals surface area contributed by atoms with Crippen molar-refractivity contribution in [2.24, 2.45) is 5.73 Å². The lowest BCUT2D eigenvalue weighted by atomic mass is 10.2. The van der Waals surface area contributed by atoms with E-state index < -0.39 is 0 Å². The second-order valence-electron chi connectivity index (χ2n) is 3.32. The van der Waals surface area contributed by atoms with Gasteiger partial charge in [0.2, 0.25) is 5.78 Å². The molecule has 0 aliphatic rings. The number of aromatic nitrogens is 3. The molecule has 0 saturated heterocycles. The largest absolute Gasteiger partial charge is 0.322 e. The Morgan fingerprint density at radius 2 is 2.12 bits per heavy atom. The Labute approximate surface area is 96.4 Å². The summed E-state index contributed by atoms with van der Waals surface area (Å²) in [6, 6.07) is -0.154. The monoisotopic (exact) mass is 234 g/mol. The molecule has 1 unspecified atom stereocenters. The Bertz CT molecular complexity index is 495. The number of hydrogen-bond donors (Lipinski definition) is 1. The molecule has 16 heavy (non-hydrogen) atoms. The topological polar surface area (TPSA) is 81.8 Å². The van der Waals surface area contributed by atoms with Crippen LogP contribution in [0.25, 0.3) is 0 Å². The summed E-state index contributed by atoms with van der Waals surface area (Å²) in [5, 5.41) is 2.45. The van der Waals surface area contributed by atoms with Crippen LogP contribution in [0.2, 0.25) is 0 Å². The van der Waals surface area contributed by atoms with Gasteiger partial charge in [0, 0.05) is 17.8 Å². The van der Waals surface area contributed by atoms with Gasteiger partial charge in [-0.05, 0) is 6.92 Å². The number of carbonyl (C=O) groups is 1. The van der Waals surface area contributed by atoms with Gasteiger partial charge in [0.25, 0.3) is 0 Å². The van der Waals surface area contributed by atoms with Crippen LogP contribution < -0.4 is 5.73 Å². The highest BCUT2D eigenvalue weighted by molar-refractivity contribution is 7.09. The molecule has 2 heterocycles. The number of hydrogen-bond acceptors (Lipinski definition) is 6. The number of thiazole rings is 1. The van der Waals surface area contributed by atoms with E-state index in [0.29, 0.717) is 11.3 Å². The van der Waals surface area contributed by atoms with Gasteiger partial charge in [-0.25, -0.2) is 15.0 Å². The van der Waals surface area contributed by atoms with Crippen molar-refractivity contribution in [3.8, 4) is 0 Å². The molecule has 0 spiro atoms.